The molecule has 1 saturated heterocycles. The van der Waals surface area contributed by atoms with Gasteiger partial charge >= 0.3 is 0 Å². The van der Waals surface area contributed by atoms with Gasteiger partial charge in [0.25, 0.3) is 0 Å². The number of ether oxygens (including phenoxy) is 1. The van der Waals surface area contributed by atoms with Gasteiger partial charge in [-0.15, -0.1) is 0 Å². The second-order valence-electron chi connectivity index (χ2n) is 4.79. The van der Waals surface area contributed by atoms with Crippen LogP contribution in [0.5, 0.6) is 0 Å². The summed E-state index contributed by atoms with van der Waals surface area (Å²) in [4.78, 5) is 11.5. The number of amides is 1. The van der Waals surface area contributed by atoms with Crippen molar-refractivity contribution in [1.29, 1.82) is 0 Å². The molecular formula is C10H20N2O2. The Labute approximate surface area is 85.2 Å². The molecule has 0 aromatic carbocycles. The van der Waals surface area contributed by atoms with Gasteiger partial charge in [0.05, 0.1) is 19.3 Å². The molecule has 0 radical (unpaired) electrons. The van der Waals surface area contributed by atoms with Gasteiger partial charge in [0, 0.05) is 12.0 Å². The van der Waals surface area contributed by atoms with Crippen LogP contribution in [0.15, 0.2) is 0 Å². The zero-order chi connectivity index (χ0) is 10.8. The average molecular weight is 200 g/mol. The lowest BCUT2D eigenvalue weighted by Crippen LogP contribution is -2.52. The van der Waals surface area contributed by atoms with Crippen molar-refractivity contribution in [3.05, 3.63) is 0 Å². The molecule has 0 bridgehead atoms. The first-order valence-corrected chi connectivity index (χ1v) is 5.06. The highest BCUT2D eigenvalue weighted by Crippen LogP contribution is 2.25. The smallest absolute Gasteiger partial charge is 0.237 e. The summed E-state index contributed by atoms with van der Waals surface area (Å²) in [5.41, 5.74) is 5.82. The average Bonchev–Trinajstić information content (AvgIpc) is 2.09. The molecule has 4 nitrogen and oxygen atoms in total. The molecule has 82 valence electrons. The van der Waals surface area contributed by atoms with E-state index in [0.717, 1.165) is 13.2 Å². The van der Waals surface area contributed by atoms with E-state index in [4.69, 9.17) is 10.5 Å². The third-order valence-electron chi connectivity index (χ3n) is 2.61. The summed E-state index contributed by atoms with van der Waals surface area (Å²) < 4.78 is 5.10. The van der Waals surface area contributed by atoms with Crippen molar-refractivity contribution in [3.63, 3.8) is 0 Å². The number of hydrogen-bond donors (Lipinski definition) is 2. The van der Waals surface area contributed by atoms with E-state index in [-0.39, 0.29) is 17.2 Å². The minimum Gasteiger partial charge on any atom is -0.380 e. The van der Waals surface area contributed by atoms with Gasteiger partial charge < -0.3 is 15.8 Å². The van der Waals surface area contributed by atoms with Gasteiger partial charge in [0.1, 0.15) is 0 Å². The third-order valence-corrected chi connectivity index (χ3v) is 2.61. The first-order chi connectivity index (χ1) is 6.44. The number of carbonyl (C=O) groups excluding carboxylic acids is 1. The van der Waals surface area contributed by atoms with Gasteiger partial charge in [-0.2, -0.15) is 0 Å². The molecular weight excluding hydrogens is 180 g/mol. The second-order valence-corrected chi connectivity index (χ2v) is 4.79. The summed E-state index contributed by atoms with van der Waals surface area (Å²) in [5, 5.41) is 2.86. The monoisotopic (exact) mass is 200 g/mol. The highest BCUT2D eigenvalue weighted by molar-refractivity contribution is 5.81. The summed E-state index contributed by atoms with van der Waals surface area (Å²) in [5.74, 6) is 0.119. The summed E-state index contributed by atoms with van der Waals surface area (Å²) in [7, 11) is 0. The molecule has 0 unspecified atom stereocenters. The largest absolute Gasteiger partial charge is 0.380 e. The van der Waals surface area contributed by atoms with Crippen molar-refractivity contribution >= 4 is 5.91 Å². The molecule has 14 heavy (non-hydrogen) atoms. The maximum Gasteiger partial charge on any atom is 0.237 e. The Morgan fingerprint density at radius 3 is 2.50 bits per heavy atom. The molecule has 3 N–H and O–H groups in total. The Hall–Kier alpha value is -0.610. The van der Waals surface area contributed by atoms with Crippen molar-refractivity contribution < 1.29 is 9.53 Å². The molecule has 1 fully saturated rings. The molecule has 1 atom stereocenters. The number of nitrogens with two attached hydrogens (primary N) is 1. The fraction of sp³-hybridized carbons (Fsp3) is 0.900. The van der Waals surface area contributed by atoms with E-state index in [1.807, 2.05) is 13.8 Å². The zero-order valence-corrected chi connectivity index (χ0v) is 9.17. The Morgan fingerprint density at radius 2 is 2.14 bits per heavy atom. The van der Waals surface area contributed by atoms with Crippen molar-refractivity contribution in [2.75, 3.05) is 19.8 Å². The van der Waals surface area contributed by atoms with Crippen LogP contribution in [0.3, 0.4) is 0 Å². The molecule has 0 aliphatic carbocycles. The minimum absolute atomic E-state index is 0.0619. The van der Waals surface area contributed by atoms with Crippen molar-refractivity contribution in [2.45, 2.75) is 26.8 Å². The van der Waals surface area contributed by atoms with Crippen LogP contribution in [0.25, 0.3) is 0 Å². The van der Waals surface area contributed by atoms with E-state index in [1.54, 1.807) is 0 Å². The van der Waals surface area contributed by atoms with Crippen LogP contribution < -0.4 is 11.1 Å². The molecule has 1 aliphatic heterocycles. The predicted octanol–water partition coefficient (Wildman–Crippen LogP) is 0.122. The highest BCUT2D eigenvalue weighted by Gasteiger charge is 2.34. The Kier molecular flexibility index (Phi) is 3.50. The summed E-state index contributed by atoms with van der Waals surface area (Å²) in [6.45, 7) is 8.09. The summed E-state index contributed by atoms with van der Waals surface area (Å²) >= 11 is 0. The van der Waals surface area contributed by atoms with Crippen molar-refractivity contribution in [3.8, 4) is 0 Å². The Morgan fingerprint density at radius 1 is 1.57 bits per heavy atom. The van der Waals surface area contributed by atoms with Gasteiger partial charge in [-0.1, -0.05) is 20.8 Å². The second kappa shape index (κ2) is 4.28. The lowest BCUT2D eigenvalue weighted by Gasteiger charge is -2.38. The van der Waals surface area contributed by atoms with Gasteiger partial charge in [0.15, 0.2) is 0 Å². The van der Waals surface area contributed by atoms with Crippen LogP contribution >= 0.6 is 0 Å². The van der Waals surface area contributed by atoms with Crippen LogP contribution in [-0.2, 0) is 9.53 Å². The molecule has 0 aromatic heterocycles. The standard InChI is InChI=1S/C10H20N2O2/c1-7(2)8(11)9(13)12-4-10(3)5-14-6-10/h7-8H,4-6,11H2,1-3H3,(H,12,13)/t8-/m1/s1. The summed E-state index contributed by atoms with van der Waals surface area (Å²) in [6, 6.07) is -0.403. The lowest BCUT2D eigenvalue weighted by atomic mass is 9.88. The van der Waals surface area contributed by atoms with Crippen molar-refractivity contribution in [2.24, 2.45) is 17.1 Å². The third kappa shape index (κ3) is 2.69. The number of hydrogen-bond acceptors (Lipinski definition) is 3. The number of rotatable bonds is 4. The molecule has 1 amide bonds. The topological polar surface area (TPSA) is 64.4 Å². The normalized spacial score (nSPS) is 21.5. The Balaban J connectivity index is 2.27. The fourth-order valence-corrected chi connectivity index (χ4v) is 1.27. The molecule has 1 heterocycles. The maximum absolute atomic E-state index is 11.5. The molecule has 0 saturated carbocycles. The number of nitrogens with one attached hydrogen (secondary N) is 1. The predicted molar refractivity (Wildman–Crippen MR) is 54.7 cm³/mol. The first kappa shape index (κ1) is 11.5. The minimum atomic E-state index is -0.403. The van der Waals surface area contributed by atoms with E-state index in [9.17, 15) is 4.79 Å². The highest BCUT2D eigenvalue weighted by atomic mass is 16.5. The maximum atomic E-state index is 11.5. The SMILES string of the molecule is CC(C)[C@@H](N)C(=O)NCC1(C)COC1. The van der Waals surface area contributed by atoms with Gasteiger partial charge in [-0.05, 0) is 5.92 Å². The first-order valence-electron chi connectivity index (χ1n) is 5.06. The lowest BCUT2D eigenvalue weighted by molar-refractivity contribution is -0.128. The van der Waals surface area contributed by atoms with Gasteiger partial charge in [-0.3, -0.25) is 4.79 Å². The van der Waals surface area contributed by atoms with Crippen LogP contribution in [0, 0.1) is 11.3 Å². The van der Waals surface area contributed by atoms with E-state index >= 15 is 0 Å². The van der Waals surface area contributed by atoms with E-state index in [1.165, 1.54) is 0 Å². The molecule has 0 spiro atoms. The van der Waals surface area contributed by atoms with Crippen LogP contribution in [0.2, 0.25) is 0 Å². The number of carbonyl (C=O) groups is 1. The fourth-order valence-electron chi connectivity index (χ4n) is 1.27. The molecule has 1 rings (SSSR count). The van der Waals surface area contributed by atoms with E-state index in [2.05, 4.69) is 12.2 Å². The quantitative estimate of drug-likeness (QED) is 0.677. The van der Waals surface area contributed by atoms with E-state index < -0.39 is 6.04 Å². The van der Waals surface area contributed by atoms with Crippen LogP contribution in [-0.4, -0.2) is 31.7 Å². The zero-order valence-electron chi connectivity index (χ0n) is 9.17. The van der Waals surface area contributed by atoms with E-state index in [0.29, 0.717) is 6.54 Å². The van der Waals surface area contributed by atoms with Crippen LogP contribution in [0.1, 0.15) is 20.8 Å². The van der Waals surface area contributed by atoms with Gasteiger partial charge in [0.2, 0.25) is 5.91 Å². The van der Waals surface area contributed by atoms with Crippen molar-refractivity contribution in [1.82, 2.24) is 5.32 Å². The molecule has 4 heteroatoms. The van der Waals surface area contributed by atoms with Crippen LogP contribution in [0.4, 0.5) is 0 Å². The van der Waals surface area contributed by atoms with Gasteiger partial charge in [-0.25, -0.2) is 0 Å². The molecule has 1 aliphatic rings. The Bertz CT molecular complexity index is 212. The summed E-state index contributed by atoms with van der Waals surface area (Å²) in [6.07, 6.45) is 0. The molecule has 0 aromatic rings.